The number of hydrogen-bond acceptors (Lipinski definition) is 0. The first-order valence-corrected chi connectivity index (χ1v) is 2.64. The summed E-state index contributed by atoms with van der Waals surface area (Å²) in [4.78, 5) is 0. The van der Waals surface area contributed by atoms with E-state index in [1.54, 1.807) is 0 Å². The van der Waals surface area contributed by atoms with Gasteiger partial charge in [-0.25, -0.2) is 0 Å². The van der Waals surface area contributed by atoms with Crippen LogP contribution in [0, 0.1) is 6.07 Å². The summed E-state index contributed by atoms with van der Waals surface area (Å²) in [5.41, 5.74) is -0.657. The van der Waals surface area contributed by atoms with Crippen LogP contribution in [0.1, 0.15) is 5.56 Å². The van der Waals surface area contributed by atoms with Crippen molar-refractivity contribution in [2.24, 2.45) is 0 Å². The van der Waals surface area contributed by atoms with Gasteiger partial charge in [0, 0.05) is 21.1 Å². The molecule has 4 heteroatoms. The molecule has 0 aliphatic carbocycles. The molecule has 11 heavy (non-hydrogen) atoms. The molecule has 0 N–H and O–H groups in total. The topological polar surface area (TPSA) is 0 Å². The Morgan fingerprint density at radius 3 is 2.18 bits per heavy atom. The fourth-order valence-corrected chi connectivity index (χ4v) is 0.570. The van der Waals surface area contributed by atoms with Crippen molar-refractivity contribution in [2.75, 3.05) is 0 Å². The van der Waals surface area contributed by atoms with Gasteiger partial charge in [-0.1, -0.05) is 5.56 Å². The third kappa shape index (κ3) is 3.06. The Morgan fingerprint density at radius 2 is 1.91 bits per heavy atom. The maximum Gasteiger partial charge on any atom is 0.370 e. The van der Waals surface area contributed by atoms with Gasteiger partial charge in [-0.05, 0) is 0 Å². The van der Waals surface area contributed by atoms with E-state index in [1.165, 1.54) is 12.1 Å². The molecule has 0 fully saturated rings. The molecule has 0 heterocycles. The molecule has 0 saturated heterocycles. The van der Waals surface area contributed by atoms with Gasteiger partial charge in [0.1, 0.15) is 0 Å². The summed E-state index contributed by atoms with van der Waals surface area (Å²) in [5.74, 6) is 0. The maximum atomic E-state index is 11.8. The first kappa shape index (κ1) is 10.7. The summed E-state index contributed by atoms with van der Waals surface area (Å²) in [6.45, 7) is 0. The van der Waals surface area contributed by atoms with E-state index in [0.717, 1.165) is 12.1 Å². The Labute approximate surface area is 76.7 Å². The molecule has 0 amide bonds. The van der Waals surface area contributed by atoms with Crippen LogP contribution in [0.5, 0.6) is 0 Å². The van der Waals surface area contributed by atoms with E-state index in [2.05, 4.69) is 6.07 Å². The second-order valence-electron chi connectivity index (χ2n) is 1.79. The van der Waals surface area contributed by atoms with Gasteiger partial charge < -0.3 is 0 Å². The van der Waals surface area contributed by atoms with Crippen molar-refractivity contribution in [2.45, 2.75) is 6.18 Å². The number of benzene rings is 1. The number of alkyl halides is 3. The largest absolute Gasteiger partial charge is 0.370 e. The first-order valence-electron chi connectivity index (χ1n) is 2.64. The molecule has 0 bridgehead atoms. The second kappa shape index (κ2) is 3.91. The van der Waals surface area contributed by atoms with E-state index in [-0.39, 0.29) is 21.1 Å². The summed E-state index contributed by atoms with van der Waals surface area (Å²) in [6.07, 6.45) is -4.24. The van der Waals surface area contributed by atoms with Gasteiger partial charge in [-0.3, -0.25) is 0 Å². The van der Waals surface area contributed by atoms with Crippen LogP contribution in [-0.4, -0.2) is 0 Å². The van der Waals surface area contributed by atoms with Crippen LogP contribution in [0.4, 0.5) is 13.2 Å². The van der Waals surface area contributed by atoms with Gasteiger partial charge in [0.2, 0.25) is 0 Å². The van der Waals surface area contributed by atoms with Gasteiger partial charge in [0.25, 0.3) is 0 Å². The van der Waals surface area contributed by atoms with E-state index in [0.29, 0.717) is 0 Å². The van der Waals surface area contributed by atoms with Crippen LogP contribution in [-0.2, 0) is 27.2 Å². The summed E-state index contributed by atoms with van der Waals surface area (Å²) >= 11 is 0. The molecule has 64 valence electrons. The zero-order chi connectivity index (χ0) is 7.61. The molecule has 0 spiro atoms. The Morgan fingerprint density at radius 1 is 1.27 bits per heavy atom. The van der Waals surface area contributed by atoms with Crippen LogP contribution in [0.2, 0.25) is 0 Å². The summed E-state index contributed by atoms with van der Waals surface area (Å²) in [7, 11) is 0. The van der Waals surface area contributed by atoms with E-state index in [4.69, 9.17) is 0 Å². The van der Waals surface area contributed by atoms with Crippen molar-refractivity contribution < 1.29 is 34.2 Å². The molecule has 0 aliphatic rings. The van der Waals surface area contributed by atoms with Gasteiger partial charge >= 0.3 is 6.18 Å². The average molecular weight is 340 g/mol. The van der Waals surface area contributed by atoms with Crippen LogP contribution in [0.25, 0.3) is 0 Å². The third-order valence-corrected chi connectivity index (χ3v) is 1.03. The van der Waals surface area contributed by atoms with E-state index in [1.807, 2.05) is 0 Å². The van der Waals surface area contributed by atoms with Crippen molar-refractivity contribution in [1.82, 2.24) is 0 Å². The zero-order valence-corrected chi connectivity index (χ0v) is 7.53. The van der Waals surface area contributed by atoms with Crippen LogP contribution in [0.3, 0.4) is 0 Å². The molecule has 0 radical (unpaired) electrons. The van der Waals surface area contributed by atoms with Crippen molar-refractivity contribution in [3.05, 3.63) is 35.9 Å². The van der Waals surface area contributed by atoms with Crippen molar-refractivity contribution in [1.29, 1.82) is 0 Å². The van der Waals surface area contributed by atoms with Gasteiger partial charge in [0.05, 0.1) is 0 Å². The van der Waals surface area contributed by atoms with Crippen LogP contribution < -0.4 is 0 Å². The molecule has 0 atom stereocenters. The van der Waals surface area contributed by atoms with E-state index < -0.39 is 11.7 Å². The molecule has 0 saturated carbocycles. The predicted molar refractivity (Wildman–Crippen MR) is 30.3 cm³/mol. The zero-order valence-electron chi connectivity index (χ0n) is 5.26. The molecule has 1 aromatic rings. The van der Waals surface area contributed by atoms with Gasteiger partial charge in [-0.2, -0.15) is 43.5 Å². The Bertz CT molecular complexity index is 205. The van der Waals surface area contributed by atoms with Crippen LogP contribution in [0.15, 0.2) is 24.3 Å². The quantitative estimate of drug-likeness (QED) is 0.637. The third-order valence-electron chi connectivity index (χ3n) is 1.03. The molecule has 0 unspecified atom stereocenters. The van der Waals surface area contributed by atoms with E-state index in [9.17, 15) is 13.2 Å². The van der Waals surface area contributed by atoms with Crippen molar-refractivity contribution in [3.8, 4) is 0 Å². The summed E-state index contributed by atoms with van der Waals surface area (Å²) in [6, 6.07) is 7.01. The fourth-order valence-electron chi connectivity index (χ4n) is 0.570. The second-order valence-corrected chi connectivity index (χ2v) is 1.79. The molecule has 0 aliphatic heterocycles. The Balaban J connectivity index is 0.000001000. The monoisotopic (exact) mass is 340 g/mol. The number of rotatable bonds is 0. The average Bonchev–Trinajstić information content (AvgIpc) is 1.88. The molecular weight excluding hydrogens is 336 g/mol. The smallest absolute Gasteiger partial charge is 0.183 e. The summed E-state index contributed by atoms with van der Waals surface area (Å²) < 4.78 is 35.3. The molecule has 0 nitrogen and oxygen atoms in total. The molecule has 0 aromatic heterocycles. The SMILES string of the molecule is FC(F)(F)c1c[c-]ccc1.[Pt]. The maximum absolute atomic E-state index is 11.8. The van der Waals surface area contributed by atoms with Gasteiger partial charge in [-0.15, -0.1) is 0 Å². The minimum atomic E-state index is -4.24. The summed E-state index contributed by atoms with van der Waals surface area (Å²) in [5, 5.41) is 0. The molecular formula is C7H4F3Pt-. The standard InChI is InChI=1S/C7H4F3.Pt/c8-7(9,10)6-4-2-1-3-5-6;/h1-2,4-5H;/q-1;. The van der Waals surface area contributed by atoms with Gasteiger partial charge in [0.15, 0.2) is 0 Å². The van der Waals surface area contributed by atoms with E-state index >= 15 is 0 Å². The van der Waals surface area contributed by atoms with Crippen LogP contribution >= 0.6 is 0 Å². The fraction of sp³-hybridized carbons (Fsp3) is 0.143. The minimum absolute atomic E-state index is 0. The predicted octanol–water partition coefficient (Wildman–Crippen LogP) is 2.50. The van der Waals surface area contributed by atoms with Crippen molar-refractivity contribution >= 4 is 0 Å². The number of hydrogen-bond donors (Lipinski definition) is 0. The first-order chi connectivity index (χ1) is 4.61. The Hall–Kier alpha value is -0.302. The Kier molecular flexibility index (Phi) is 3.80. The normalized spacial score (nSPS) is 10.5. The molecule has 1 rings (SSSR count). The van der Waals surface area contributed by atoms with Crippen molar-refractivity contribution in [3.63, 3.8) is 0 Å². The molecule has 1 aromatic carbocycles. The number of halogens is 3. The minimum Gasteiger partial charge on any atom is -0.183 e.